The zero-order valence-electron chi connectivity index (χ0n) is 11.6. The smallest absolute Gasteiger partial charge is 0.372 e. The summed E-state index contributed by atoms with van der Waals surface area (Å²) in [5.74, 6) is 0. The van der Waals surface area contributed by atoms with Gasteiger partial charge >= 0.3 is 6.18 Å². The quantitative estimate of drug-likeness (QED) is 0.811. The van der Waals surface area contributed by atoms with Crippen LogP contribution in [0.2, 0.25) is 0 Å². The van der Waals surface area contributed by atoms with Crippen LogP contribution in [0.3, 0.4) is 0 Å². The van der Waals surface area contributed by atoms with Crippen molar-refractivity contribution in [3.63, 3.8) is 0 Å². The lowest BCUT2D eigenvalue weighted by atomic mass is 9.72. The molecule has 1 fully saturated rings. The summed E-state index contributed by atoms with van der Waals surface area (Å²) >= 11 is 0. The molecule has 112 valence electrons. The van der Waals surface area contributed by atoms with Gasteiger partial charge in [0.25, 0.3) is 0 Å². The van der Waals surface area contributed by atoms with Gasteiger partial charge in [-0.25, -0.2) is 0 Å². The lowest BCUT2D eigenvalue weighted by Crippen LogP contribution is -2.56. The minimum absolute atomic E-state index is 0.0648. The molecule has 20 heavy (non-hydrogen) atoms. The summed E-state index contributed by atoms with van der Waals surface area (Å²) in [5, 5.41) is 3.26. The fourth-order valence-corrected chi connectivity index (χ4v) is 2.56. The first kappa shape index (κ1) is 15.3. The lowest BCUT2D eigenvalue weighted by molar-refractivity contribution is -0.174. The highest BCUT2D eigenvalue weighted by molar-refractivity contribution is 5.32. The first-order valence-electron chi connectivity index (χ1n) is 6.84. The SMILES string of the molecule is Cc1ccc(C2(CCCOCC(F)(F)F)CNC2)cc1. The van der Waals surface area contributed by atoms with Gasteiger partial charge in [-0.1, -0.05) is 29.8 Å². The van der Waals surface area contributed by atoms with E-state index in [1.807, 2.05) is 6.92 Å². The Hall–Kier alpha value is -1.07. The number of aryl methyl sites for hydroxylation is 1. The van der Waals surface area contributed by atoms with E-state index in [2.05, 4.69) is 34.3 Å². The van der Waals surface area contributed by atoms with Gasteiger partial charge in [0.1, 0.15) is 6.61 Å². The number of ether oxygens (including phenoxy) is 1. The molecule has 2 rings (SSSR count). The van der Waals surface area contributed by atoms with E-state index in [0.717, 1.165) is 19.5 Å². The van der Waals surface area contributed by atoms with Crippen LogP contribution in [0.1, 0.15) is 24.0 Å². The predicted molar refractivity (Wildman–Crippen MR) is 71.8 cm³/mol. The molecule has 5 heteroatoms. The number of halogens is 3. The summed E-state index contributed by atoms with van der Waals surface area (Å²) in [7, 11) is 0. The summed E-state index contributed by atoms with van der Waals surface area (Å²) in [6.07, 6.45) is -2.74. The number of alkyl halides is 3. The Morgan fingerprint density at radius 1 is 1.20 bits per heavy atom. The number of nitrogens with one attached hydrogen (secondary N) is 1. The molecule has 0 spiro atoms. The van der Waals surface area contributed by atoms with Crippen LogP contribution in [0.4, 0.5) is 13.2 Å². The maximum absolute atomic E-state index is 12.0. The van der Waals surface area contributed by atoms with Crippen LogP contribution in [0.5, 0.6) is 0 Å². The topological polar surface area (TPSA) is 21.3 Å². The van der Waals surface area contributed by atoms with Crippen molar-refractivity contribution in [2.45, 2.75) is 31.4 Å². The van der Waals surface area contributed by atoms with Gasteiger partial charge in [0, 0.05) is 25.1 Å². The Morgan fingerprint density at radius 3 is 2.35 bits per heavy atom. The molecule has 0 saturated carbocycles. The van der Waals surface area contributed by atoms with E-state index in [-0.39, 0.29) is 12.0 Å². The Balaban J connectivity index is 1.82. The van der Waals surface area contributed by atoms with Crippen molar-refractivity contribution in [3.8, 4) is 0 Å². The van der Waals surface area contributed by atoms with Crippen molar-refractivity contribution >= 4 is 0 Å². The maximum atomic E-state index is 12.0. The second-order valence-electron chi connectivity index (χ2n) is 5.52. The Labute approximate surface area is 117 Å². The summed E-state index contributed by atoms with van der Waals surface area (Å²) < 4.78 is 40.6. The molecule has 1 heterocycles. The first-order chi connectivity index (χ1) is 9.41. The average molecular weight is 287 g/mol. The van der Waals surface area contributed by atoms with Crippen LogP contribution >= 0.6 is 0 Å². The Morgan fingerprint density at radius 2 is 1.85 bits per heavy atom. The molecule has 1 N–H and O–H groups in total. The van der Waals surface area contributed by atoms with Crippen LogP contribution in [0, 0.1) is 6.92 Å². The minimum atomic E-state index is -4.23. The van der Waals surface area contributed by atoms with Crippen molar-refractivity contribution < 1.29 is 17.9 Å². The van der Waals surface area contributed by atoms with Crippen molar-refractivity contribution in [1.29, 1.82) is 0 Å². The zero-order valence-corrected chi connectivity index (χ0v) is 11.6. The molecule has 1 aromatic carbocycles. The summed E-state index contributed by atoms with van der Waals surface area (Å²) in [4.78, 5) is 0. The van der Waals surface area contributed by atoms with Crippen LogP contribution in [-0.4, -0.2) is 32.5 Å². The van der Waals surface area contributed by atoms with E-state index in [1.54, 1.807) is 0 Å². The molecule has 0 bridgehead atoms. The second-order valence-corrected chi connectivity index (χ2v) is 5.52. The average Bonchev–Trinajstić information content (AvgIpc) is 2.32. The van der Waals surface area contributed by atoms with Crippen LogP contribution < -0.4 is 5.32 Å². The molecule has 0 unspecified atom stereocenters. The van der Waals surface area contributed by atoms with Gasteiger partial charge in [-0.05, 0) is 25.3 Å². The van der Waals surface area contributed by atoms with Crippen molar-refractivity contribution in [2.75, 3.05) is 26.3 Å². The summed E-state index contributed by atoms with van der Waals surface area (Å²) in [6, 6.07) is 8.39. The summed E-state index contributed by atoms with van der Waals surface area (Å²) in [5.41, 5.74) is 2.54. The van der Waals surface area contributed by atoms with Crippen molar-refractivity contribution in [1.82, 2.24) is 5.32 Å². The van der Waals surface area contributed by atoms with E-state index < -0.39 is 12.8 Å². The van der Waals surface area contributed by atoms with Gasteiger partial charge in [-0.2, -0.15) is 13.2 Å². The van der Waals surface area contributed by atoms with Crippen LogP contribution in [0.15, 0.2) is 24.3 Å². The fraction of sp³-hybridized carbons (Fsp3) is 0.600. The Kier molecular flexibility index (Phi) is 4.70. The normalized spacial score (nSPS) is 17.8. The van der Waals surface area contributed by atoms with E-state index in [4.69, 9.17) is 0 Å². The molecule has 0 aromatic heterocycles. The predicted octanol–water partition coefficient (Wildman–Crippen LogP) is 3.20. The molecule has 2 nitrogen and oxygen atoms in total. The van der Waals surface area contributed by atoms with Crippen LogP contribution in [0.25, 0.3) is 0 Å². The van der Waals surface area contributed by atoms with Gasteiger partial charge < -0.3 is 10.1 Å². The van der Waals surface area contributed by atoms with E-state index in [0.29, 0.717) is 6.42 Å². The highest BCUT2D eigenvalue weighted by Gasteiger charge is 2.38. The third kappa shape index (κ3) is 3.96. The van der Waals surface area contributed by atoms with Gasteiger partial charge in [0.2, 0.25) is 0 Å². The lowest BCUT2D eigenvalue weighted by Gasteiger charge is -2.43. The molecular weight excluding hydrogens is 267 g/mol. The molecule has 1 aliphatic rings. The third-order valence-electron chi connectivity index (χ3n) is 3.80. The molecule has 0 amide bonds. The summed E-state index contributed by atoms with van der Waals surface area (Å²) in [6.45, 7) is 2.82. The zero-order chi connectivity index (χ0) is 14.6. The number of hydrogen-bond acceptors (Lipinski definition) is 2. The van der Waals surface area contributed by atoms with Gasteiger partial charge in [0.15, 0.2) is 0 Å². The number of benzene rings is 1. The molecule has 1 aliphatic heterocycles. The number of rotatable bonds is 6. The van der Waals surface area contributed by atoms with Gasteiger partial charge in [-0.15, -0.1) is 0 Å². The Bertz CT molecular complexity index is 424. The maximum Gasteiger partial charge on any atom is 0.411 e. The molecular formula is C15H20F3NO. The van der Waals surface area contributed by atoms with Crippen molar-refractivity contribution in [3.05, 3.63) is 35.4 Å². The standard InChI is InChI=1S/C15H20F3NO/c1-12-3-5-13(6-4-12)14(9-19-10-14)7-2-8-20-11-15(16,17)18/h3-6,19H,2,7-11H2,1H3. The monoisotopic (exact) mass is 287 g/mol. The van der Waals surface area contributed by atoms with Gasteiger partial charge in [0.05, 0.1) is 0 Å². The molecule has 1 saturated heterocycles. The van der Waals surface area contributed by atoms with E-state index in [1.165, 1.54) is 11.1 Å². The van der Waals surface area contributed by atoms with Crippen LogP contribution in [-0.2, 0) is 10.2 Å². The molecule has 0 aliphatic carbocycles. The molecule has 0 atom stereocenters. The third-order valence-corrected chi connectivity index (χ3v) is 3.80. The minimum Gasteiger partial charge on any atom is -0.372 e. The second kappa shape index (κ2) is 6.14. The van der Waals surface area contributed by atoms with Crippen molar-refractivity contribution in [2.24, 2.45) is 0 Å². The first-order valence-corrected chi connectivity index (χ1v) is 6.84. The molecule has 0 radical (unpaired) electrons. The highest BCUT2D eigenvalue weighted by Crippen LogP contribution is 2.33. The van der Waals surface area contributed by atoms with Gasteiger partial charge in [-0.3, -0.25) is 0 Å². The highest BCUT2D eigenvalue weighted by atomic mass is 19.4. The fourth-order valence-electron chi connectivity index (χ4n) is 2.56. The number of hydrogen-bond donors (Lipinski definition) is 1. The van der Waals surface area contributed by atoms with E-state index >= 15 is 0 Å². The largest absolute Gasteiger partial charge is 0.411 e. The van der Waals surface area contributed by atoms with E-state index in [9.17, 15) is 13.2 Å². The molecule has 1 aromatic rings.